The van der Waals surface area contributed by atoms with Crippen LogP contribution in [-0.2, 0) is 6.18 Å². The van der Waals surface area contributed by atoms with Gasteiger partial charge in [-0.3, -0.25) is 4.79 Å². The second-order valence-electron chi connectivity index (χ2n) is 6.19. The third-order valence-electron chi connectivity index (χ3n) is 4.19. The van der Waals surface area contributed by atoms with Crippen molar-refractivity contribution in [3.63, 3.8) is 0 Å². The van der Waals surface area contributed by atoms with E-state index in [-0.39, 0.29) is 10.7 Å². The zero-order valence-corrected chi connectivity index (χ0v) is 15.8. The Kier molecular flexibility index (Phi) is 5.04. The van der Waals surface area contributed by atoms with Gasteiger partial charge < -0.3 is 9.73 Å². The van der Waals surface area contributed by atoms with Crippen molar-refractivity contribution in [1.82, 2.24) is 14.8 Å². The maximum atomic E-state index is 13.7. The molecular formula is C20H12ClF3N4O2. The molecule has 6 nitrogen and oxygen atoms in total. The van der Waals surface area contributed by atoms with E-state index in [1.807, 2.05) is 0 Å². The lowest BCUT2D eigenvalue weighted by Gasteiger charge is -2.13. The number of alkyl halides is 3. The summed E-state index contributed by atoms with van der Waals surface area (Å²) in [6, 6.07) is 12.2. The van der Waals surface area contributed by atoms with Gasteiger partial charge in [0, 0.05) is 16.3 Å². The van der Waals surface area contributed by atoms with Crippen molar-refractivity contribution in [3.8, 4) is 17.0 Å². The lowest BCUT2D eigenvalue weighted by molar-refractivity contribution is -0.143. The van der Waals surface area contributed by atoms with E-state index < -0.39 is 23.3 Å². The fraction of sp³-hybridized carbons (Fsp3) is 0.0500. The molecule has 0 unspecified atom stereocenters. The summed E-state index contributed by atoms with van der Waals surface area (Å²) in [7, 11) is 0. The first kappa shape index (κ1) is 19.7. The zero-order chi connectivity index (χ0) is 21.3. The first-order chi connectivity index (χ1) is 14.3. The van der Waals surface area contributed by atoms with E-state index in [1.54, 1.807) is 24.3 Å². The molecule has 0 radical (unpaired) electrons. The van der Waals surface area contributed by atoms with E-state index in [4.69, 9.17) is 16.0 Å². The van der Waals surface area contributed by atoms with Gasteiger partial charge in [0.2, 0.25) is 0 Å². The molecule has 0 saturated carbocycles. The number of oxazole rings is 1. The van der Waals surface area contributed by atoms with Gasteiger partial charge in [-0.15, -0.1) is 0 Å². The average Bonchev–Trinajstić information content (AvgIpc) is 3.38. The molecular weight excluding hydrogens is 421 g/mol. The van der Waals surface area contributed by atoms with E-state index in [1.165, 1.54) is 36.9 Å². The molecule has 0 saturated heterocycles. The number of benzene rings is 2. The van der Waals surface area contributed by atoms with Gasteiger partial charge in [0.25, 0.3) is 5.91 Å². The van der Waals surface area contributed by atoms with Crippen molar-refractivity contribution in [1.29, 1.82) is 0 Å². The largest absolute Gasteiger partial charge is 0.444 e. The Balaban J connectivity index is 1.64. The predicted molar refractivity (Wildman–Crippen MR) is 103 cm³/mol. The highest BCUT2D eigenvalue weighted by Gasteiger charge is 2.40. The van der Waals surface area contributed by atoms with Crippen LogP contribution in [0.4, 0.5) is 18.9 Å². The number of carbonyl (C=O) groups excluding carboxylic acids is 1. The van der Waals surface area contributed by atoms with Gasteiger partial charge in [0.05, 0.1) is 23.6 Å². The summed E-state index contributed by atoms with van der Waals surface area (Å²) in [5.41, 5.74) is -0.699. The van der Waals surface area contributed by atoms with E-state index in [0.29, 0.717) is 21.7 Å². The quantitative estimate of drug-likeness (QED) is 0.465. The second-order valence-corrected chi connectivity index (χ2v) is 6.63. The van der Waals surface area contributed by atoms with Crippen LogP contribution in [0.2, 0.25) is 5.02 Å². The van der Waals surface area contributed by atoms with E-state index in [2.05, 4.69) is 15.4 Å². The molecule has 2 aromatic heterocycles. The number of nitrogens with zero attached hydrogens (tertiary/aromatic N) is 3. The maximum Gasteiger partial charge on any atom is 0.434 e. The summed E-state index contributed by atoms with van der Waals surface area (Å²) in [5, 5.41) is 6.46. The number of carbonyl (C=O) groups is 1. The number of rotatable bonds is 4. The van der Waals surface area contributed by atoms with E-state index >= 15 is 0 Å². The van der Waals surface area contributed by atoms with Gasteiger partial charge in [-0.05, 0) is 42.5 Å². The van der Waals surface area contributed by atoms with Crippen LogP contribution in [0, 0.1) is 0 Å². The summed E-state index contributed by atoms with van der Waals surface area (Å²) in [6.45, 7) is 0. The van der Waals surface area contributed by atoms with Crippen molar-refractivity contribution in [2.45, 2.75) is 6.18 Å². The minimum Gasteiger partial charge on any atom is -0.444 e. The van der Waals surface area contributed by atoms with Crippen molar-refractivity contribution < 1.29 is 22.4 Å². The van der Waals surface area contributed by atoms with E-state index in [0.717, 1.165) is 6.20 Å². The topological polar surface area (TPSA) is 73.0 Å². The highest BCUT2D eigenvalue weighted by atomic mass is 35.5. The molecule has 0 fully saturated rings. The molecule has 0 aliphatic carbocycles. The van der Waals surface area contributed by atoms with Crippen molar-refractivity contribution in [3.05, 3.63) is 83.6 Å². The SMILES string of the molecule is O=C(Nc1ccc(-c2cnco2)cc1)c1cnn(-c2cccc(Cl)c2)c1C(F)(F)F. The molecule has 0 aliphatic rings. The molecule has 152 valence electrons. The van der Waals surface area contributed by atoms with Crippen LogP contribution in [0.1, 0.15) is 16.1 Å². The molecule has 1 N–H and O–H groups in total. The lowest BCUT2D eigenvalue weighted by atomic mass is 10.1. The van der Waals surface area contributed by atoms with Crippen molar-refractivity contribution >= 4 is 23.2 Å². The Morgan fingerprint density at radius 3 is 2.50 bits per heavy atom. The number of hydrogen-bond acceptors (Lipinski definition) is 4. The number of amides is 1. The van der Waals surface area contributed by atoms with Gasteiger partial charge in [0.1, 0.15) is 0 Å². The van der Waals surface area contributed by atoms with Crippen LogP contribution in [0.5, 0.6) is 0 Å². The molecule has 2 heterocycles. The van der Waals surface area contributed by atoms with Gasteiger partial charge in [-0.2, -0.15) is 18.3 Å². The van der Waals surface area contributed by atoms with Crippen molar-refractivity contribution in [2.24, 2.45) is 0 Å². The monoisotopic (exact) mass is 432 g/mol. The van der Waals surface area contributed by atoms with Crippen molar-refractivity contribution in [2.75, 3.05) is 5.32 Å². The average molecular weight is 433 g/mol. The van der Waals surface area contributed by atoms with Crippen LogP contribution >= 0.6 is 11.6 Å². The van der Waals surface area contributed by atoms with Crippen LogP contribution in [0.3, 0.4) is 0 Å². The normalized spacial score (nSPS) is 11.5. The Morgan fingerprint density at radius 1 is 1.10 bits per heavy atom. The predicted octanol–water partition coefficient (Wildman–Crippen LogP) is 5.45. The fourth-order valence-electron chi connectivity index (χ4n) is 2.87. The first-order valence-corrected chi connectivity index (χ1v) is 8.92. The van der Waals surface area contributed by atoms with Crippen LogP contribution in [-0.4, -0.2) is 20.7 Å². The molecule has 2 aromatic carbocycles. The molecule has 30 heavy (non-hydrogen) atoms. The van der Waals surface area contributed by atoms with Gasteiger partial charge in [-0.25, -0.2) is 9.67 Å². The highest BCUT2D eigenvalue weighted by molar-refractivity contribution is 6.30. The number of nitrogens with one attached hydrogen (secondary N) is 1. The summed E-state index contributed by atoms with van der Waals surface area (Å²) in [5.74, 6) is -0.418. The van der Waals surface area contributed by atoms with Crippen LogP contribution in [0.25, 0.3) is 17.0 Å². The Labute approximate surface area is 172 Å². The number of hydrogen-bond donors (Lipinski definition) is 1. The summed E-state index contributed by atoms with van der Waals surface area (Å²) >= 11 is 5.88. The molecule has 10 heteroatoms. The Bertz CT molecular complexity index is 1190. The molecule has 0 atom stereocenters. The number of anilines is 1. The second kappa shape index (κ2) is 7.68. The fourth-order valence-corrected chi connectivity index (χ4v) is 3.05. The molecule has 0 spiro atoms. The summed E-state index contributed by atoms with van der Waals surface area (Å²) < 4.78 is 47.1. The maximum absolute atomic E-state index is 13.7. The zero-order valence-electron chi connectivity index (χ0n) is 15.0. The highest BCUT2D eigenvalue weighted by Crippen LogP contribution is 2.34. The molecule has 0 aliphatic heterocycles. The number of aromatic nitrogens is 3. The third-order valence-corrected chi connectivity index (χ3v) is 4.43. The number of halogens is 4. The minimum absolute atomic E-state index is 0.0882. The minimum atomic E-state index is -4.82. The Hall–Kier alpha value is -3.59. The Morgan fingerprint density at radius 2 is 1.87 bits per heavy atom. The molecule has 4 rings (SSSR count). The summed E-state index contributed by atoms with van der Waals surface area (Å²) in [4.78, 5) is 16.4. The molecule has 0 bridgehead atoms. The van der Waals surface area contributed by atoms with Crippen LogP contribution in [0.15, 0.2) is 71.7 Å². The molecule has 1 amide bonds. The molecule has 4 aromatic rings. The third kappa shape index (κ3) is 3.92. The van der Waals surface area contributed by atoms with Crippen LogP contribution < -0.4 is 5.32 Å². The van der Waals surface area contributed by atoms with E-state index in [9.17, 15) is 18.0 Å². The standard InChI is InChI=1S/C20H12ClF3N4O2/c21-13-2-1-3-15(8-13)28-18(20(22,23)24)16(9-26-28)19(29)27-14-6-4-12(5-7-14)17-10-25-11-30-17/h1-11H,(H,27,29). The van der Waals surface area contributed by atoms with Gasteiger partial charge >= 0.3 is 6.18 Å². The van der Waals surface area contributed by atoms with Gasteiger partial charge in [-0.1, -0.05) is 17.7 Å². The van der Waals surface area contributed by atoms with Gasteiger partial charge in [0.15, 0.2) is 17.8 Å². The lowest BCUT2D eigenvalue weighted by Crippen LogP contribution is -2.20. The summed E-state index contributed by atoms with van der Waals surface area (Å²) in [6.07, 6.45) is -1.14. The smallest absolute Gasteiger partial charge is 0.434 e. The first-order valence-electron chi connectivity index (χ1n) is 8.54.